The Balaban J connectivity index is 1.76. The Morgan fingerprint density at radius 2 is 1.89 bits per heavy atom. The molecule has 3 rings (SSSR count). The molecule has 1 aromatic heterocycles. The zero-order valence-electron chi connectivity index (χ0n) is 19.1. The number of nitrogens with zero attached hydrogens (tertiary/aromatic N) is 3. The number of amides is 2. The molecule has 0 radical (unpaired) electrons. The molecule has 0 saturated heterocycles. The second-order valence-electron chi connectivity index (χ2n) is 7.90. The van der Waals surface area contributed by atoms with Gasteiger partial charge in [0.2, 0.25) is 5.91 Å². The topological polar surface area (TPSA) is 88.9 Å². The van der Waals surface area contributed by atoms with E-state index in [0.717, 1.165) is 0 Å². The van der Waals surface area contributed by atoms with E-state index in [4.69, 9.17) is 23.2 Å². The SMILES string of the molecule is C=CCn1c(SCC(=O)Nc2ccc(F)cc2)nnc1[C@@H](NC(=O)c1ccc(Cl)cc1Cl)C(C)C. The molecule has 0 aliphatic carbocycles. The molecule has 184 valence electrons. The van der Waals surface area contributed by atoms with Gasteiger partial charge >= 0.3 is 0 Å². The van der Waals surface area contributed by atoms with Gasteiger partial charge < -0.3 is 15.2 Å². The lowest BCUT2D eigenvalue weighted by atomic mass is 10.0. The van der Waals surface area contributed by atoms with Crippen molar-refractivity contribution in [3.63, 3.8) is 0 Å². The van der Waals surface area contributed by atoms with Gasteiger partial charge in [-0.1, -0.05) is 54.9 Å². The normalized spacial score (nSPS) is 11.8. The van der Waals surface area contributed by atoms with Gasteiger partial charge in [-0.2, -0.15) is 0 Å². The van der Waals surface area contributed by atoms with Gasteiger partial charge in [0.15, 0.2) is 11.0 Å². The zero-order valence-corrected chi connectivity index (χ0v) is 21.4. The number of benzene rings is 2. The summed E-state index contributed by atoms with van der Waals surface area (Å²) in [6.45, 7) is 8.07. The molecule has 11 heteroatoms. The van der Waals surface area contributed by atoms with Crippen LogP contribution in [-0.2, 0) is 11.3 Å². The summed E-state index contributed by atoms with van der Waals surface area (Å²) >= 11 is 13.3. The molecule has 0 aliphatic rings. The van der Waals surface area contributed by atoms with E-state index in [1.54, 1.807) is 22.8 Å². The van der Waals surface area contributed by atoms with Gasteiger partial charge in [-0.3, -0.25) is 9.59 Å². The Labute approximate surface area is 217 Å². The first-order chi connectivity index (χ1) is 16.7. The van der Waals surface area contributed by atoms with Crippen molar-refractivity contribution in [2.75, 3.05) is 11.1 Å². The van der Waals surface area contributed by atoms with Crippen LogP contribution in [0.5, 0.6) is 0 Å². The smallest absolute Gasteiger partial charge is 0.253 e. The van der Waals surface area contributed by atoms with Gasteiger partial charge in [-0.25, -0.2) is 4.39 Å². The van der Waals surface area contributed by atoms with Gasteiger partial charge in [0.25, 0.3) is 5.91 Å². The van der Waals surface area contributed by atoms with Crippen LogP contribution in [0.4, 0.5) is 10.1 Å². The van der Waals surface area contributed by atoms with Gasteiger partial charge in [0.1, 0.15) is 5.82 Å². The van der Waals surface area contributed by atoms with Crippen LogP contribution >= 0.6 is 35.0 Å². The molecular weight excluding hydrogens is 512 g/mol. The standard InChI is InChI=1S/C24H24Cl2FN5O2S/c1-4-11-32-22(21(14(2)3)29-23(34)18-10-5-15(25)12-19(18)26)30-31-24(32)35-13-20(33)28-17-8-6-16(27)7-9-17/h4-10,12,14,21H,1,11,13H2,2-3H3,(H,28,33)(H,29,34)/t21-/m0/s1. The first-order valence-corrected chi connectivity index (χ1v) is 12.4. The molecule has 35 heavy (non-hydrogen) atoms. The van der Waals surface area contributed by atoms with E-state index in [-0.39, 0.29) is 34.3 Å². The number of allylic oxidation sites excluding steroid dienone is 1. The fourth-order valence-electron chi connectivity index (χ4n) is 3.22. The van der Waals surface area contributed by atoms with Crippen molar-refractivity contribution in [3.8, 4) is 0 Å². The number of nitrogens with one attached hydrogen (secondary N) is 2. The molecule has 2 aromatic carbocycles. The second-order valence-corrected chi connectivity index (χ2v) is 9.69. The third-order valence-electron chi connectivity index (χ3n) is 4.92. The van der Waals surface area contributed by atoms with Crippen LogP contribution in [0.3, 0.4) is 0 Å². The van der Waals surface area contributed by atoms with Crippen LogP contribution in [0.25, 0.3) is 0 Å². The number of hydrogen-bond acceptors (Lipinski definition) is 5. The quantitative estimate of drug-likeness (QED) is 0.254. The van der Waals surface area contributed by atoms with Crippen LogP contribution in [0.2, 0.25) is 10.0 Å². The monoisotopic (exact) mass is 535 g/mol. The van der Waals surface area contributed by atoms with Gasteiger partial charge in [0.05, 0.1) is 22.4 Å². The van der Waals surface area contributed by atoms with Crippen LogP contribution in [0.15, 0.2) is 60.3 Å². The summed E-state index contributed by atoms with van der Waals surface area (Å²) in [6, 6.07) is 9.70. The van der Waals surface area contributed by atoms with Gasteiger partial charge in [-0.15, -0.1) is 16.8 Å². The number of hydrogen-bond donors (Lipinski definition) is 2. The van der Waals surface area contributed by atoms with Crippen molar-refractivity contribution in [1.82, 2.24) is 20.1 Å². The number of rotatable bonds is 10. The molecule has 1 atom stereocenters. The van der Waals surface area contributed by atoms with Gasteiger partial charge in [-0.05, 0) is 48.4 Å². The largest absolute Gasteiger partial charge is 0.342 e. The summed E-state index contributed by atoms with van der Waals surface area (Å²) < 4.78 is 14.9. The molecule has 1 heterocycles. The molecule has 2 amide bonds. The first-order valence-electron chi connectivity index (χ1n) is 10.7. The average Bonchev–Trinajstić information content (AvgIpc) is 3.19. The Hall–Kier alpha value is -2.88. The van der Waals surface area contributed by atoms with Gasteiger partial charge in [0, 0.05) is 17.3 Å². The minimum atomic E-state index is -0.482. The minimum absolute atomic E-state index is 0.0302. The maximum absolute atomic E-state index is 13.1. The lowest BCUT2D eigenvalue weighted by Gasteiger charge is -2.23. The highest BCUT2D eigenvalue weighted by Gasteiger charge is 2.27. The number of anilines is 1. The lowest BCUT2D eigenvalue weighted by molar-refractivity contribution is -0.113. The summed E-state index contributed by atoms with van der Waals surface area (Å²) in [5, 5.41) is 15.4. The molecule has 0 spiro atoms. The second kappa shape index (κ2) is 12.2. The highest BCUT2D eigenvalue weighted by molar-refractivity contribution is 7.99. The number of aromatic nitrogens is 3. The molecule has 7 nitrogen and oxygen atoms in total. The highest BCUT2D eigenvalue weighted by Crippen LogP contribution is 2.27. The minimum Gasteiger partial charge on any atom is -0.342 e. The molecule has 0 fully saturated rings. The number of carbonyl (C=O) groups excluding carboxylic acids is 2. The fraction of sp³-hybridized carbons (Fsp3) is 0.250. The Morgan fingerprint density at radius 3 is 2.51 bits per heavy atom. The third kappa shape index (κ3) is 7.06. The van der Waals surface area contributed by atoms with Crippen molar-refractivity contribution in [2.24, 2.45) is 5.92 Å². The maximum Gasteiger partial charge on any atom is 0.253 e. The zero-order chi connectivity index (χ0) is 25.5. The van der Waals surface area contributed by atoms with E-state index in [9.17, 15) is 14.0 Å². The molecular formula is C24H24Cl2FN5O2S. The predicted molar refractivity (Wildman–Crippen MR) is 137 cm³/mol. The van der Waals surface area contributed by atoms with Crippen LogP contribution in [0, 0.1) is 11.7 Å². The summed E-state index contributed by atoms with van der Waals surface area (Å²) in [5.74, 6) is -0.468. The van der Waals surface area contributed by atoms with Crippen molar-refractivity contribution in [2.45, 2.75) is 31.6 Å². The number of halogens is 3. The number of thioether (sulfide) groups is 1. The summed E-state index contributed by atoms with van der Waals surface area (Å²) in [5.41, 5.74) is 0.789. The van der Waals surface area contributed by atoms with Crippen molar-refractivity contribution in [3.05, 3.63) is 82.4 Å². The Morgan fingerprint density at radius 1 is 1.17 bits per heavy atom. The fourth-order valence-corrected chi connectivity index (χ4v) is 4.47. The Kier molecular flexibility index (Phi) is 9.31. The average molecular weight is 536 g/mol. The number of carbonyl (C=O) groups is 2. The summed E-state index contributed by atoms with van der Waals surface area (Å²) in [4.78, 5) is 25.3. The first kappa shape index (κ1) is 26.7. The Bertz CT molecular complexity index is 1220. The molecule has 0 bridgehead atoms. The van der Waals surface area contributed by atoms with E-state index in [1.165, 1.54) is 42.1 Å². The van der Waals surface area contributed by atoms with Crippen molar-refractivity contribution >= 4 is 52.5 Å². The maximum atomic E-state index is 13.1. The molecule has 0 saturated carbocycles. The van der Waals surface area contributed by atoms with E-state index in [2.05, 4.69) is 27.4 Å². The van der Waals surface area contributed by atoms with Crippen LogP contribution in [-0.4, -0.2) is 32.3 Å². The highest BCUT2D eigenvalue weighted by atomic mass is 35.5. The lowest BCUT2D eigenvalue weighted by Crippen LogP contribution is -2.34. The molecule has 2 N–H and O–H groups in total. The summed E-state index contributed by atoms with van der Waals surface area (Å²) in [6.07, 6.45) is 1.69. The third-order valence-corrected chi connectivity index (χ3v) is 6.44. The van der Waals surface area contributed by atoms with E-state index < -0.39 is 6.04 Å². The van der Waals surface area contributed by atoms with Crippen LogP contribution in [0.1, 0.15) is 36.1 Å². The molecule has 3 aromatic rings. The van der Waals surface area contributed by atoms with E-state index in [1.807, 2.05) is 13.8 Å². The molecule has 0 unspecified atom stereocenters. The van der Waals surface area contributed by atoms with E-state index >= 15 is 0 Å². The predicted octanol–water partition coefficient (Wildman–Crippen LogP) is 5.77. The van der Waals surface area contributed by atoms with Crippen molar-refractivity contribution in [1.29, 1.82) is 0 Å². The summed E-state index contributed by atoms with van der Waals surface area (Å²) in [7, 11) is 0. The van der Waals surface area contributed by atoms with Crippen molar-refractivity contribution < 1.29 is 14.0 Å². The van der Waals surface area contributed by atoms with E-state index in [0.29, 0.717) is 33.8 Å². The van der Waals surface area contributed by atoms with Crippen LogP contribution < -0.4 is 10.6 Å². The molecule has 0 aliphatic heterocycles.